The summed E-state index contributed by atoms with van der Waals surface area (Å²) in [4.78, 5) is 18.3. The SMILES string of the molecule is CS(=O)(=O)N1CCN(C(=O)c2ccc(O[C@H]3CCOC3)nc2)CC1. The third-order valence-electron chi connectivity index (χ3n) is 4.15. The second kappa shape index (κ2) is 7.04. The number of carbonyl (C=O) groups is 1. The highest BCUT2D eigenvalue weighted by Gasteiger charge is 2.26. The summed E-state index contributed by atoms with van der Waals surface area (Å²) in [6.45, 7) is 2.66. The smallest absolute Gasteiger partial charge is 0.255 e. The largest absolute Gasteiger partial charge is 0.472 e. The van der Waals surface area contributed by atoms with Crippen molar-refractivity contribution in [2.24, 2.45) is 0 Å². The number of aromatic nitrogens is 1. The maximum atomic E-state index is 12.5. The predicted octanol–water partition coefficient (Wildman–Crippen LogP) is -0.0333. The van der Waals surface area contributed by atoms with E-state index in [0.717, 1.165) is 6.42 Å². The molecule has 0 N–H and O–H groups in total. The molecule has 2 aliphatic rings. The number of pyridine rings is 1. The van der Waals surface area contributed by atoms with Crippen molar-refractivity contribution in [1.82, 2.24) is 14.2 Å². The number of hydrogen-bond donors (Lipinski definition) is 0. The maximum Gasteiger partial charge on any atom is 0.255 e. The highest BCUT2D eigenvalue weighted by Crippen LogP contribution is 2.16. The summed E-state index contributed by atoms with van der Waals surface area (Å²) in [6.07, 6.45) is 3.54. The maximum absolute atomic E-state index is 12.5. The molecule has 3 heterocycles. The van der Waals surface area contributed by atoms with E-state index in [2.05, 4.69) is 4.98 Å². The van der Waals surface area contributed by atoms with Crippen LogP contribution in [0.2, 0.25) is 0 Å². The number of hydrogen-bond acceptors (Lipinski definition) is 6. The first-order valence-electron chi connectivity index (χ1n) is 7.88. The molecule has 2 aliphatic heterocycles. The van der Waals surface area contributed by atoms with E-state index in [1.807, 2.05) is 0 Å². The van der Waals surface area contributed by atoms with Crippen LogP contribution in [0.1, 0.15) is 16.8 Å². The first-order chi connectivity index (χ1) is 11.4. The van der Waals surface area contributed by atoms with E-state index in [1.54, 1.807) is 17.0 Å². The molecular weight excluding hydrogens is 334 g/mol. The van der Waals surface area contributed by atoms with Crippen molar-refractivity contribution in [3.63, 3.8) is 0 Å². The second-order valence-electron chi connectivity index (χ2n) is 5.94. The highest BCUT2D eigenvalue weighted by molar-refractivity contribution is 7.88. The summed E-state index contributed by atoms with van der Waals surface area (Å²) < 4.78 is 35.3. The molecule has 1 aromatic heterocycles. The van der Waals surface area contributed by atoms with Crippen LogP contribution in [0.15, 0.2) is 18.3 Å². The van der Waals surface area contributed by atoms with E-state index in [4.69, 9.17) is 9.47 Å². The lowest BCUT2D eigenvalue weighted by atomic mass is 10.2. The number of rotatable bonds is 4. The molecular formula is C15H21N3O5S. The van der Waals surface area contributed by atoms with Crippen LogP contribution in [0.5, 0.6) is 5.88 Å². The van der Waals surface area contributed by atoms with Gasteiger partial charge >= 0.3 is 0 Å². The molecule has 24 heavy (non-hydrogen) atoms. The van der Waals surface area contributed by atoms with Crippen LogP contribution in [-0.4, -0.2) is 80.3 Å². The lowest BCUT2D eigenvalue weighted by Crippen LogP contribution is -2.50. The Morgan fingerprint density at radius 3 is 2.58 bits per heavy atom. The summed E-state index contributed by atoms with van der Waals surface area (Å²) in [6, 6.07) is 3.36. The van der Waals surface area contributed by atoms with Gasteiger partial charge in [0.15, 0.2) is 0 Å². The Labute approximate surface area is 141 Å². The average molecular weight is 355 g/mol. The quantitative estimate of drug-likeness (QED) is 0.753. The minimum absolute atomic E-state index is 0.0168. The Kier molecular flexibility index (Phi) is 5.02. The van der Waals surface area contributed by atoms with E-state index in [9.17, 15) is 13.2 Å². The van der Waals surface area contributed by atoms with Gasteiger partial charge in [-0.15, -0.1) is 0 Å². The fourth-order valence-electron chi connectivity index (χ4n) is 2.76. The number of carbonyl (C=O) groups excluding carboxylic acids is 1. The Morgan fingerprint density at radius 2 is 2.04 bits per heavy atom. The minimum atomic E-state index is -3.20. The van der Waals surface area contributed by atoms with E-state index >= 15 is 0 Å². The molecule has 0 spiro atoms. The molecule has 1 atom stereocenters. The predicted molar refractivity (Wildman–Crippen MR) is 86.4 cm³/mol. The van der Waals surface area contributed by atoms with Crippen LogP contribution in [-0.2, 0) is 14.8 Å². The van der Waals surface area contributed by atoms with Gasteiger partial charge in [-0.1, -0.05) is 0 Å². The van der Waals surface area contributed by atoms with Crippen LogP contribution < -0.4 is 4.74 Å². The zero-order valence-electron chi connectivity index (χ0n) is 13.6. The van der Waals surface area contributed by atoms with Gasteiger partial charge in [0.2, 0.25) is 15.9 Å². The van der Waals surface area contributed by atoms with Gasteiger partial charge in [0, 0.05) is 44.9 Å². The topological polar surface area (TPSA) is 89.0 Å². The molecule has 9 heteroatoms. The van der Waals surface area contributed by atoms with Gasteiger partial charge in [-0.05, 0) is 6.07 Å². The molecule has 1 amide bonds. The van der Waals surface area contributed by atoms with E-state index in [-0.39, 0.29) is 12.0 Å². The second-order valence-corrected chi connectivity index (χ2v) is 7.93. The average Bonchev–Trinajstić information content (AvgIpc) is 3.07. The normalized spacial score (nSPS) is 22.5. The molecule has 2 fully saturated rings. The standard InChI is InChI=1S/C15H21N3O5S/c1-24(20,21)18-7-5-17(6-8-18)15(19)12-2-3-14(16-10-12)23-13-4-9-22-11-13/h2-3,10,13H,4-9,11H2,1H3/t13-/m0/s1. The summed E-state index contributed by atoms with van der Waals surface area (Å²) in [7, 11) is -3.20. The molecule has 8 nitrogen and oxygen atoms in total. The van der Waals surface area contributed by atoms with Gasteiger partial charge < -0.3 is 14.4 Å². The zero-order chi connectivity index (χ0) is 17.2. The summed E-state index contributed by atoms with van der Waals surface area (Å²) in [5.74, 6) is 0.329. The van der Waals surface area contributed by atoms with Crippen LogP contribution >= 0.6 is 0 Å². The molecule has 1 aromatic rings. The molecule has 132 valence electrons. The summed E-state index contributed by atoms with van der Waals surface area (Å²) in [5.41, 5.74) is 0.470. The summed E-state index contributed by atoms with van der Waals surface area (Å²) in [5, 5.41) is 0. The number of sulfonamides is 1. The van der Waals surface area contributed by atoms with Crippen molar-refractivity contribution in [1.29, 1.82) is 0 Å². The van der Waals surface area contributed by atoms with Gasteiger partial charge in [0.25, 0.3) is 5.91 Å². The van der Waals surface area contributed by atoms with Crippen molar-refractivity contribution >= 4 is 15.9 Å². The van der Waals surface area contributed by atoms with Gasteiger partial charge in [-0.3, -0.25) is 4.79 Å². The molecule has 0 bridgehead atoms. The lowest BCUT2D eigenvalue weighted by molar-refractivity contribution is 0.0697. The Morgan fingerprint density at radius 1 is 1.29 bits per heavy atom. The molecule has 0 unspecified atom stereocenters. The van der Waals surface area contributed by atoms with Gasteiger partial charge in [0.05, 0.1) is 25.0 Å². The monoisotopic (exact) mass is 355 g/mol. The molecule has 2 saturated heterocycles. The van der Waals surface area contributed by atoms with Crippen molar-refractivity contribution in [2.45, 2.75) is 12.5 Å². The van der Waals surface area contributed by atoms with Gasteiger partial charge in [-0.2, -0.15) is 4.31 Å². The Hall–Kier alpha value is -1.71. The van der Waals surface area contributed by atoms with Crippen molar-refractivity contribution < 1.29 is 22.7 Å². The van der Waals surface area contributed by atoms with Crippen LogP contribution in [0, 0.1) is 0 Å². The number of amides is 1. The molecule has 0 radical (unpaired) electrons. The van der Waals surface area contributed by atoms with E-state index < -0.39 is 10.0 Å². The third kappa shape index (κ3) is 4.03. The summed E-state index contributed by atoms with van der Waals surface area (Å²) >= 11 is 0. The highest BCUT2D eigenvalue weighted by atomic mass is 32.2. The van der Waals surface area contributed by atoms with Crippen molar-refractivity contribution in [3.05, 3.63) is 23.9 Å². The van der Waals surface area contributed by atoms with Crippen LogP contribution in [0.3, 0.4) is 0 Å². The molecule has 0 aromatic carbocycles. The van der Waals surface area contributed by atoms with E-state index in [0.29, 0.717) is 50.8 Å². The zero-order valence-corrected chi connectivity index (χ0v) is 14.4. The van der Waals surface area contributed by atoms with Crippen LogP contribution in [0.4, 0.5) is 0 Å². The molecule has 0 saturated carbocycles. The first-order valence-corrected chi connectivity index (χ1v) is 9.73. The van der Waals surface area contributed by atoms with E-state index in [1.165, 1.54) is 16.8 Å². The Balaban J connectivity index is 1.57. The van der Waals surface area contributed by atoms with Gasteiger partial charge in [0.1, 0.15) is 6.10 Å². The molecule has 0 aliphatic carbocycles. The fraction of sp³-hybridized carbons (Fsp3) is 0.600. The fourth-order valence-corrected chi connectivity index (χ4v) is 3.59. The van der Waals surface area contributed by atoms with Crippen molar-refractivity contribution in [3.8, 4) is 5.88 Å². The number of nitrogens with zero attached hydrogens (tertiary/aromatic N) is 3. The third-order valence-corrected chi connectivity index (χ3v) is 5.46. The first kappa shape index (κ1) is 17.1. The van der Waals surface area contributed by atoms with Crippen molar-refractivity contribution in [2.75, 3.05) is 45.6 Å². The number of piperazine rings is 1. The van der Waals surface area contributed by atoms with Gasteiger partial charge in [-0.25, -0.2) is 13.4 Å². The Bertz CT molecular complexity index is 678. The molecule has 3 rings (SSSR count). The van der Waals surface area contributed by atoms with Crippen LogP contribution in [0.25, 0.3) is 0 Å². The number of ether oxygens (including phenoxy) is 2. The lowest BCUT2D eigenvalue weighted by Gasteiger charge is -2.33. The minimum Gasteiger partial charge on any atom is -0.472 e.